The minimum atomic E-state index is 0.0840. The molecule has 0 unspecified atom stereocenters. The van der Waals surface area contributed by atoms with Crippen LogP contribution < -0.4 is 0 Å². The third-order valence-electron chi connectivity index (χ3n) is 2.28. The molecule has 1 N–H and O–H groups in total. The molecule has 0 aliphatic rings. The highest BCUT2D eigenvalue weighted by Crippen LogP contribution is 2.32. The average Bonchev–Trinajstić information content (AvgIpc) is 2.58. The number of halogens is 2. The Balaban J connectivity index is 2.66. The molecule has 1 aromatic rings. The molecule has 0 saturated heterocycles. The van der Waals surface area contributed by atoms with E-state index in [1.807, 2.05) is 11.0 Å². The van der Waals surface area contributed by atoms with Gasteiger partial charge in [-0.1, -0.05) is 6.92 Å². The molecule has 0 amide bonds. The summed E-state index contributed by atoms with van der Waals surface area (Å²) >= 11 is 8.24. The number of carbonyl (C=O) groups excluding carboxylic acids is 1. The molecule has 0 aliphatic carbocycles. The predicted molar refractivity (Wildman–Crippen MR) is 77.9 cm³/mol. The molecule has 0 spiro atoms. The van der Waals surface area contributed by atoms with Crippen LogP contribution in [0.25, 0.3) is 0 Å². The van der Waals surface area contributed by atoms with Gasteiger partial charge < -0.3 is 5.11 Å². The maximum Gasteiger partial charge on any atom is 0.178 e. The van der Waals surface area contributed by atoms with Crippen molar-refractivity contribution in [3.8, 4) is 0 Å². The van der Waals surface area contributed by atoms with E-state index in [0.29, 0.717) is 18.7 Å². The van der Waals surface area contributed by atoms with Crippen molar-refractivity contribution in [2.75, 3.05) is 26.2 Å². The summed E-state index contributed by atoms with van der Waals surface area (Å²) in [6, 6.07) is 1.83. The van der Waals surface area contributed by atoms with Crippen LogP contribution in [0.15, 0.2) is 13.6 Å². The van der Waals surface area contributed by atoms with Crippen LogP contribution in [0, 0.1) is 0 Å². The number of ketones is 1. The second-order valence-electron chi connectivity index (χ2n) is 3.66. The van der Waals surface area contributed by atoms with Crippen LogP contribution in [0.5, 0.6) is 0 Å². The van der Waals surface area contributed by atoms with Gasteiger partial charge in [0.15, 0.2) is 5.78 Å². The van der Waals surface area contributed by atoms with Gasteiger partial charge in [0.25, 0.3) is 0 Å². The Hall–Kier alpha value is 0.250. The number of carbonyl (C=O) groups is 1. The van der Waals surface area contributed by atoms with Crippen LogP contribution in [-0.2, 0) is 0 Å². The Kier molecular flexibility index (Phi) is 6.87. The van der Waals surface area contributed by atoms with E-state index in [-0.39, 0.29) is 12.4 Å². The zero-order valence-corrected chi connectivity index (χ0v) is 13.6. The summed E-state index contributed by atoms with van der Waals surface area (Å²) in [7, 11) is 0. The van der Waals surface area contributed by atoms with Crippen LogP contribution in [0.1, 0.15) is 23.7 Å². The molecule has 1 aromatic heterocycles. The van der Waals surface area contributed by atoms with Gasteiger partial charge >= 0.3 is 0 Å². The van der Waals surface area contributed by atoms with Crippen molar-refractivity contribution in [2.45, 2.75) is 13.3 Å². The van der Waals surface area contributed by atoms with Crippen molar-refractivity contribution in [1.82, 2.24) is 4.90 Å². The zero-order valence-electron chi connectivity index (χ0n) is 9.58. The fourth-order valence-corrected chi connectivity index (χ4v) is 4.40. The van der Waals surface area contributed by atoms with E-state index < -0.39 is 0 Å². The van der Waals surface area contributed by atoms with Gasteiger partial charge in [-0.25, -0.2) is 0 Å². The largest absolute Gasteiger partial charge is 0.395 e. The number of hydrogen-bond donors (Lipinski definition) is 1. The second-order valence-corrected chi connectivity index (χ2v) is 7.41. The fraction of sp³-hybridized carbons (Fsp3) is 0.545. The smallest absolute Gasteiger partial charge is 0.178 e. The van der Waals surface area contributed by atoms with Crippen LogP contribution >= 0.6 is 43.2 Å². The Morgan fingerprint density at radius 1 is 1.47 bits per heavy atom. The fourth-order valence-electron chi connectivity index (χ4n) is 1.55. The lowest BCUT2D eigenvalue weighted by Crippen LogP contribution is -2.33. The third kappa shape index (κ3) is 4.79. The lowest BCUT2D eigenvalue weighted by atomic mass is 10.2. The lowest BCUT2D eigenvalue weighted by Gasteiger charge is -2.19. The Morgan fingerprint density at radius 3 is 2.65 bits per heavy atom. The molecule has 1 heterocycles. The molecule has 1 rings (SSSR count). The van der Waals surface area contributed by atoms with E-state index in [0.717, 1.165) is 20.5 Å². The molecule has 17 heavy (non-hydrogen) atoms. The Morgan fingerprint density at radius 2 is 2.18 bits per heavy atom. The van der Waals surface area contributed by atoms with Crippen molar-refractivity contribution >= 4 is 49.0 Å². The summed E-state index contributed by atoms with van der Waals surface area (Å²) < 4.78 is 1.80. The summed E-state index contributed by atoms with van der Waals surface area (Å²) in [4.78, 5) is 14.0. The molecule has 0 radical (unpaired) electrons. The maximum absolute atomic E-state index is 12.1. The molecule has 0 atom stereocenters. The minimum absolute atomic E-state index is 0.0840. The first-order valence-corrected chi connectivity index (χ1v) is 7.80. The molecule has 0 aromatic carbocycles. The van der Waals surface area contributed by atoms with Gasteiger partial charge in [-0.05, 0) is 50.9 Å². The van der Waals surface area contributed by atoms with Crippen LogP contribution in [0.4, 0.5) is 0 Å². The molecule has 0 aliphatic heterocycles. The van der Waals surface area contributed by atoms with Crippen LogP contribution in [0.3, 0.4) is 0 Å². The van der Waals surface area contributed by atoms with Crippen molar-refractivity contribution in [3.05, 3.63) is 19.2 Å². The first kappa shape index (κ1) is 15.3. The van der Waals surface area contributed by atoms with E-state index in [2.05, 4.69) is 38.8 Å². The van der Waals surface area contributed by atoms with Gasteiger partial charge in [0, 0.05) is 12.1 Å². The SMILES string of the molecule is CCCN(CCO)CC(=O)c1cc(Br)sc1Br. The molecule has 0 fully saturated rings. The van der Waals surface area contributed by atoms with Crippen molar-refractivity contribution in [2.24, 2.45) is 0 Å². The second kappa shape index (κ2) is 7.63. The van der Waals surface area contributed by atoms with Crippen LogP contribution in [-0.4, -0.2) is 42.0 Å². The zero-order chi connectivity index (χ0) is 12.8. The highest BCUT2D eigenvalue weighted by molar-refractivity contribution is 9.12. The summed E-state index contributed by atoms with van der Waals surface area (Å²) in [5.41, 5.74) is 0.709. The number of Topliss-reactive ketones (excluding diaryl/α,β-unsaturated/α-hetero) is 1. The summed E-state index contributed by atoms with van der Waals surface area (Å²) in [5, 5.41) is 8.94. The maximum atomic E-state index is 12.1. The molecule has 96 valence electrons. The highest BCUT2D eigenvalue weighted by Gasteiger charge is 2.16. The number of hydrogen-bond acceptors (Lipinski definition) is 4. The normalized spacial score (nSPS) is 11.1. The molecule has 0 bridgehead atoms. The quantitative estimate of drug-likeness (QED) is 0.734. The van der Waals surface area contributed by atoms with E-state index in [1.54, 1.807) is 0 Å². The Bertz CT molecular complexity index is 376. The third-order valence-corrected chi connectivity index (χ3v) is 4.62. The number of aliphatic hydroxyl groups is 1. The molecule has 0 saturated carbocycles. The minimum Gasteiger partial charge on any atom is -0.395 e. The average molecular weight is 385 g/mol. The number of aliphatic hydroxyl groups excluding tert-OH is 1. The van der Waals surface area contributed by atoms with Crippen LogP contribution in [0.2, 0.25) is 0 Å². The number of thiophene rings is 1. The van der Waals surface area contributed by atoms with Crippen molar-refractivity contribution in [1.29, 1.82) is 0 Å². The number of rotatable bonds is 7. The van der Waals surface area contributed by atoms with E-state index in [4.69, 9.17) is 5.11 Å². The molecular weight excluding hydrogens is 370 g/mol. The Labute approximate surface area is 122 Å². The van der Waals surface area contributed by atoms with Gasteiger partial charge in [0.2, 0.25) is 0 Å². The monoisotopic (exact) mass is 383 g/mol. The predicted octanol–water partition coefficient (Wildman–Crippen LogP) is 3.16. The topological polar surface area (TPSA) is 40.5 Å². The van der Waals surface area contributed by atoms with Crippen molar-refractivity contribution < 1.29 is 9.90 Å². The molecule has 3 nitrogen and oxygen atoms in total. The van der Waals surface area contributed by atoms with E-state index >= 15 is 0 Å². The summed E-state index contributed by atoms with van der Waals surface area (Å²) in [6.45, 7) is 3.88. The summed E-state index contributed by atoms with van der Waals surface area (Å²) in [6.07, 6.45) is 0.974. The van der Waals surface area contributed by atoms with Gasteiger partial charge in [-0.3, -0.25) is 9.69 Å². The van der Waals surface area contributed by atoms with Gasteiger partial charge in [-0.15, -0.1) is 11.3 Å². The molecule has 6 heteroatoms. The first-order chi connectivity index (χ1) is 8.08. The summed E-state index contributed by atoms with van der Waals surface area (Å²) in [5.74, 6) is 0.0840. The van der Waals surface area contributed by atoms with E-state index in [1.165, 1.54) is 11.3 Å². The van der Waals surface area contributed by atoms with Gasteiger partial charge in [0.05, 0.1) is 20.7 Å². The first-order valence-electron chi connectivity index (χ1n) is 5.39. The lowest BCUT2D eigenvalue weighted by molar-refractivity contribution is 0.0915. The standard InChI is InChI=1S/C11H15Br2NO2S/c1-2-3-14(4-5-15)7-9(16)8-6-10(12)17-11(8)13/h6,15H,2-5,7H2,1H3. The van der Waals surface area contributed by atoms with E-state index in [9.17, 15) is 4.79 Å². The number of nitrogens with zero attached hydrogens (tertiary/aromatic N) is 1. The highest BCUT2D eigenvalue weighted by atomic mass is 79.9. The van der Waals surface area contributed by atoms with Crippen molar-refractivity contribution in [3.63, 3.8) is 0 Å². The molecular formula is C11H15Br2NO2S. The van der Waals surface area contributed by atoms with Gasteiger partial charge in [-0.2, -0.15) is 0 Å². The van der Waals surface area contributed by atoms with Gasteiger partial charge in [0.1, 0.15) is 0 Å².